The van der Waals surface area contributed by atoms with Gasteiger partial charge < -0.3 is 20.3 Å². The normalized spacial score (nSPS) is 14.2. The highest BCUT2D eigenvalue weighted by molar-refractivity contribution is 6.31. The SMILES string of the molecule is CC(C)(C)OC(=O)NC1CN(c2ccc3ncnc(Nc4cc(Cl)c(F)cc4F)c3n2)C1. The lowest BCUT2D eigenvalue weighted by molar-refractivity contribution is 0.0496. The van der Waals surface area contributed by atoms with Gasteiger partial charge in [0.1, 0.15) is 34.9 Å². The standard InChI is InChI=1S/C21H21ClF2N6O2/c1-21(2,3)32-20(31)27-11-8-30(9-11)17-5-4-15-18(29-17)19(26-10-25-15)28-16-6-12(22)13(23)7-14(16)24/h4-7,10-11H,8-9H2,1-3H3,(H,27,31)(H,25,26,28). The summed E-state index contributed by atoms with van der Waals surface area (Å²) in [5, 5.41) is 5.41. The van der Waals surface area contributed by atoms with Crippen molar-refractivity contribution in [2.45, 2.75) is 32.4 Å². The van der Waals surface area contributed by atoms with Gasteiger partial charge in [-0.1, -0.05) is 11.6 Å². The number of aromatic nitrogens is 3. The van der Waals surface area contributed by atoms with Crippen molar-refractivity contribution in [1.82, 2.24) is 20.3 Å². The number of benzene rings is 1. The lowest BCUT2D eigenvalue weighted by Crippen LogP contribution is -2.60. The summed E-state index contributed by atoms with van der Waals surface area (Å²) in [4.78, 5) is 26.8. The van der Waals surface area contributed by atoms with Gasteiger partial charge in [-0.05, 0) is 39.0 Å². The number of halogens is 3. The number of anilines is 3. The first kappa shape index (κ1) is 21.9. The Morgan fingerprint density at radius 2 is 1.94 bits per heavy atom. The molecule has 1 fully saturated rings. The van der Waals surface area contributed by atoms with Gasteiger partial charge >= 0.3 is 6.09 Å². The molecule has 0 radical (unpaired) electrons. The molecule has 3 aromatic rings. The molecular weight excluding hydrogens is 442 g/mol. The number of ether oxygens (including phenoxy) is 1. The van der Waals surface area contributed by atoms with Crippen LogP contribution in [0.3, 0.4) is 0 Å². The molecule has 0 unspecified atom stereocenters. The maximum absolute atomic E-state index is 14.2. The zero-order valence-corrected chi connectivity index (χ0v) is 18.4. The van der Waals surface area contributed by atoms with Gasteiger partial charge in [-0.2, -0.15) is 0 Å². The average molecular weight is 463 g/mol. The van der Waals surface area contributed by atoms with Crippen molar-refractivity contribution >= 4 is 46.1 Å². The van der Waals surface area contributed by atoms with Crippen LogP contribution in [0.5, 0.6) is 0 Å². The third-order valence-electron chi connectivity index (χ3n) is 4.66. The molecule has 1 amide bonds. The Morgan fingerprint density at radius 3 is 2.66 bits per heavy atom. The Kier molecular flexibility index (Phi) is 5.72. The van der Waals surface area contributed by atoms with Crippen LogP contribution in [-0.4, -0.2) is 45.8 Å². The lowest BCUT2D eigenvalue weighted by atomic mass is 10.1. The molecule has 0 atom stereocenters. The summed E-state index contributed by atoms with van der Waals surface area (Å²) in [5.74, 6) is -0.763. The van der Waals surface area contributed by atoms with Gasteiger partial charge in [0.25, 0.3) is 0 Å². The molecule has 0 spiro atoms. The van der Waals surface area contributed by atoms with Gasteiger partial charge in [0.05, 0.1) is 22.3 Å². The number of alkyl carbamates (subject to hydrolysis) is 1. The summed E-state index contributed by atoms with van der Waals surface area (Å²) in [6, 6.07) is 5.35. The van der Waals surface area contributed by atoms with Crippen LogP contribution >= 0.6 is 11.6 Å². The Morgan fingerprint density at radius 1 is 1.19 bits per heavy atom. The van der Waals surface area contributed by atoms with Crippen LogP contribution in [0, 0.1) is 11.6 Å². The first-order valence-electron chi connectivity index (χ1n) is 9.87. The van der Waals surface area contributed by atoms with Crippen LogP contribution in [-0.2, 0) is 4.74 Å². The number of hydrogen-bond donors (Lipinski definition) is 2. The molecule has 1 aliphatic rings. The zero-order chi connectivity index (χ0) is 23.0. The number of nitrogens with zero attached hydrogens (tertiary/aromatic N) is 4. The lowest BCUT2D eigenvalue weighted by Gasteiger charge is -2.40. The second-order valence-electron chi connectivity index (χ2n) is 8.38. The second-order valence-corrected chi connectivity index (χ2v) is 8.79. The van der Waals surface area contributed by atoms with Gasteiger partial charge in [0.2, 0.25) is 0 Å². The van der Waals surface area contributed by atoms with Crippen molar-refractivity contribution in [1.29, 1.82) is 0 Å². The van der Waals surface area contributed by atoms with Crippen molar-refractivity contribution < 1.29 is 18.3 Å². The minimum Gasteiger partial charge on any atom is -0.444 e. The highest BCUT2D eigenvalue weighted by Crippen LogP contribution is 2.29. The Bertz CT molecular complexity index is 1180. The van der Waals surface area contributed by atoms with Crippen molar-refractivity contribution in [2.24, 2.45) is 0 Å². The summed E-state index contributed by atoms with van der Waals surface area (Å²) in [6.07, 6.45) is 0.855. The molecule has 1 aliphatic heterocycles. The molecule has 0 aliphatic carbocycles. The van der Waals surface area contributed by atoms with E-state index in [9.17, 15) is 13.6 Å². The fourth-order valence-corrected chi connectivity index (χ4v) is 3.34. The van der Waals surface area contributed by atoms with E-state index < -0.39 is 23.3 Å². The summed E-state index contributed by atoms with van der Waals surface area (Å²) in [6.45, 7) is 6.51. The van der Waals surface area contributed by atoms with Gasteiger partial charge in [0.15, 0.2) is 5.82 Å². The molecule has 8 nitrogen and oxygen atoms in total. The quantitative estimate of drug-likeness (QED) is 0.555. The Balaban J connectivity index is 1.50. The largest absolute Gasteiger partial charge is 0.444 e. The summed E-state index contributed by atoms with van der Waals surface area (Å²) < 4.78 is 32.9. The van der Waals surface area contributed by atoms with Crippen molar-refractivity contribution in [3.05, 3.63) is 47.2 Å². The van der Waals surface area contributed by atoms with Crippen molar-refractivity contribution in [3.8, 4) is 0 Å². The Hall–Kier alpha value is -3.27. The number of carbonyl (C=O) groups is 1. The molecule has 168 valence electrons. The second kappa shape index (κ2) is 8.34. The summed E-state index contributed by atoms with van der Waals surface area (Å²) >= 11 is 5.77. The van der Waals surface area contributed by atoms with Gasteiger partial charge in [-0.3, -0.25) is 0 Å². The number of fused-ring (bicyclic) bond motifs is 1. The van der Waals surface area contributed by atoms with Crippen LogP contribution in [0.25, 0.3) is 11.0 Å². The smallest absolute Gasteiger partial charge is 0.407 e. The highest BCUT2D eigenvalue weighted by atomic mass is 35.5. The first-order chi connectivity index (χ1) is 15.1. The molecule has 4 rings (SSSR count). The predicted molar refractivity (Wildman–Crippen MR) is 117 cm³/mol. The van der Waals surface area contributed by atoms with Gasteiger partial charge in [0, 0.05) is 19.2 Å². The number of hydrogen-bond acceptors (Lipinski definition) is 7. The zero-order valence-electron chi connectivity index (χ0n) is 17.6. The Labute approximate surface area is 188 Å². The maximum Gasteiger partial charge on any atom is 0.407 e. The van der Waals surface area contributed by atoms with E-state index in [4.69, 9.17) is 16.3 Å². The molecule has 11 heteroatoms. The third kappa shape index (κ3) is 4.80. The highest BCUT2D eigenvalue weighted by Gasteiger charge is 2.31. The molecular formula is C21H21ClF2N6O2. The van der Waals surface area contributed by atoms with Gasteiger partial charge in [-0.15, -0.1) is 0 Å². The first-order valence-corrected chi connectivity index (χ1v) is 10.2. The van der Waals surface area contributed by atoms with E-state index in [2.05, 4.69) is 25.6 Å². The van der Waals surface area contributed by atoms with E-state index in [1.54, 1.807) is 32.9 Å². The molecule has 1 saturated heterocycles. The van der Waals surface area contributed by atoms with Crippen LogP contribution in [0.1, 0.15) is 20.8 Å². The molecule has 1 aromatic carbocycles. The number of nitrogens with one attached hydrogen (secondary N) is 2. The minimum atomic E-state index is -0.852. The summed E-state index contributed by atoms with van der Waals surface area (Å²) in [5.41, 5.74) is 0.358. The number of carbonyl (C=O) groups excluding carboxylic acids is 1. The number of rotatable bonds is 4. The maximum atomic E-state index is 14.2. The van der Waals surface area contributed by atoms with E-state index in [1.165, 1.54) is 6.33 Å². The summed E-state index contributed by atoms with van der Waals surface area (Å²) in [7, 11) is 0. The molecule has 0 saturated carbocycles. The third-order valence-corrected chi connectivity index (χ3v) is 4.95. The topological polar surface area (TPSA) is 92.3 Å². The van der Waals surface area contributed by atoms with Crippen LogP contribution < -0.4 is 15.5 Å². The van der Waals surface area contributed by atoms with E-state index >= 15 is 0 Å². The van der Waals surface area contributed by atoms with Crippen LogP contribution in [0.2, 0.25) is 5.02 Å². The fourth-order valence-electron chi connectivity index (χ4n) is 3.17. The minimum absolute atomic E-state index is 0.0332. The fraction of sp³-hybridized carbons (Fsp3) is 0.333. The van der Waals surface area contributed by atoms with Crippen molar-refractivity contribution in [2.75, 3.05) is 23.3 Å². The number of amides is 1. The van der Waals surface area contributed by atoms with E-state index in [-0.39, 0.29) is 22.6 Å². The molecule has 0 bridgehead atoms. The number of pyridine rings is 1. The molecule has 2 aromatic heterocycles. The van der Waals surface area contributed by atoms with E-state index in [0.717, 1.165) is 6.07 Å². The van der Waals surface area contributed by atoms with Crippen LogP contribution in [0.15, 0.2) is 30.6 Å². The van der Waals surface area contributed by atoms with Crippen molar-refractivity contribution in [3.63, 3.8) is 0 Å². The average Bonchev–Trinajstić information content (AvgIpc) is 2.67. The van der Waals surface area contributed by atoms with Crippen LogP contribution in [0.4, 0.5) is 30.9 Å². The molecule has 2 N–H and O–H groups in total. The monoisotopic (exact) mass is 462 g/mol. The van der Waals surface area contributed by atoms with E-state index in [1.807, 2.05) is 4.90 Å². The predicted octanol–water partition coefficient (Wildman–Crippen LogP) is 4.41. The molecule has 3 heterocycles. The molecule has 32 heavy (non-hydrogen) atoms. The van der Waals surface area contributed by atoms with E-state index in [0.29, 0.717) is 36.0 Å². The van der Waals surface area contributed by atoms with Gasteiger partial charge in [-0.25, -0.2) is 28.5 Å².